The molecule has 0 aliphatic rings. The Labute approximate surface area is 152 Å². The average Bonchev–Trinajstić information content (AvgIpc) is 2.92. The van der Waals surface area contributed by atoms with Gasteiger partial charge in [0.1, 0.15) is 11.2 Å². The molecule has 6 nitrogen and oxygen atoms in total. The van der Waals surface area contributed by atoms with Crippen LogP contribution in [0.4, 0.5) is 0 Å². The van der Waals surface area contributed by atoms with Crippen molar-refractivity contribution in [3.63, 3.8) is 0 Å². The summed E-state index contributed by atoms with van der Waals surface area (Å²) in [5.74, 6) is 0.0905. The monoisotopic (exact) mass is 350 g/mol. The zero-order chi connectivity index (χ0) is 18.9. The fourth-order valence-electron chi connectivity index (χ4n) is 2.66. The molecular weight excluding hydrogens is 328 g/mol. The average molecular weight is 350 g/mol. The van der Waals surface area contributed by atoms with E-state index in [0.29, 0.717) is 5.88 Å². The van der Waals surface area contributed by atoms with Gasteiger partial charge in [0.05, 0.1) is 0 Å². The summed E-state index contributed by atoms with van der Waals surface area (Å²) in [6.07, 6.45) is 6.61. The largest absolute Gasteiger partial charge is 0.472 e. The first-order valence-electron chi connectivity index (χ1n) is 8.34. The van der Waals surface area contributed by atoms with E-state index in [-0.39, 0.29) is 5.60 Å². The number of rotatable bonds is 4. The van der Waals surface area contributed by atoms with Gasteiger partial charge in [-0.2, -0.15) is 0 Å². The molecule has 0 bridgehead atoms. The Morgan fingerprint density at radius 2 is 2.00 bits per heavy atom. The van der Waals surface area contributed by atoms with Gasteiger partial charge in [0.25, 0.3) is 0 Å². The molecule has 3 aromatic rings. The van der Waals surface area contributed by atoms with Crippen LogP contribution < -0.4 is 10.5 Å². The standard InChI is InChI=1S/C20H22N4O2/c1-12-7-14(9-18(24-12)26-20(2,3)4)15-8-16-13(5-6-17(21)25)10-22-19(16)23-11-15/h5-11H,1-4H3,(H2,21,25)(H,22,23)/b6-5+. The van der Waals surface area contributed by atoms with E-state index in [4.69, 9.17) is 10.5 Å². The van der Waals surface area contributed by atoms with Crippen LogP contribution in [-0.4, -0.2) is 26.5 Å². The zero-order valence-electron chi connectivity index (χ0n) is 15.3. The summed E-state index contributed by atoms with van der Waals surface area (Å²) in [7, 11) is 0. The van der Waals surface area contributed by atoms with Crippen LogP contribution in [0.1, 0.15) is 32.0 Å². The number of hydrogen-bond donors (Lipinski definition) is 2. The Morgan fingerprint density at radius 1 is 1.23 bits per heavy atom. The maximum atomic E-state index is 11.0. The van der Waals surface area contributed by atoms with Crippen molar-refractivity contribution in [1.29, 1.82) is 0 Å². The minimum atomic E-state index is -0.489. The molecule has 0 spiro atoms. The maximum absolute atomic E-state index is 11.0. The normalized spacial score (nSPS) is 12.0. The predicted molar refractivity (Wildman–Crippen MR) is 103 cm³/mol. The number of carbonyl (C=O) groups is 1. The van der Waals surface area contributed by atoms with E-state index >= 15 is 0 Å². The number of nitrogens with one attached hydrogen (secondary N) is 1. The van der Waals surface area contributed by atoms with Crippen LogP contribution in [-0.2, 0) is 4.79 Å². The summed E-state index contributed by atoms with van der Waals surface area (Å²) in [5, 5.41) is 0.910. The summed E-state index contributed by atoms with van der Waals surface area (Å²) in [5.41, 5.74) is 9.23. The third-order valence-electron chi connectivity index (χ3n) is 3.66. The van der Waals surface area contributed by atoms with Gasteiger partial charge in [-0.25, -0.2) is 9.97 Å². The van der Waals surface area contributed by atoms with Gasteiger partial charge in [-0.1, -0.05) is 0 Å². The number of aromatic nitrogens is 3. The van der Waals surface area contributed by atoms with Crippen LogP contribution in [0, 0.1) is 6.92 Å². The molecule has 0 saturated heterocycles. The number of aromatic amines is 1. The fraction of sp³-hybridized carbons (Fsp3) is 0.250. The number of carbonyl (C=O) groups excluding carboxylic acids is 1. The molecule has 3 heterocycles. The topological polar surface area (TPSA) is 93.9 Å². The number of aryl methyl sites for hydroxylation is 1. The van der Waals surface area contributed by atoms with Crippen molar-refractivity contribution in [2.75, 3.05) is 0 Å². The number of nitrogens with zero attached hydrogens (tertiary/aromatic N) is 2. The number of primary amides is 1. The second-order valence-electron chi connectivity index (χ2n) is 7.15. The summed E-state index contributed by atoms with van der Waals surface area (Å²) in [4.78, 5) is 23.0. The van der Waals surface area contributed by atoms with Crippen LogP contribution in [0.2, 0.25) is 0 Å². The highest BCUT2D eigenvalue weighted by Crippen LogP contribution is 2.28. The molecule has 1 amide bonds. The Kier molecular flexibility index (Phi) is 4.50. The molecule has 0 aliphatic carbocycles. The van der Waals surface area contributed by atoms with E-state index in [1.165, 1.54) is 6.08 Å². The molecule has 0 atom stereocenters. The van der Waals surface area contributed by atoms with Crippen molar-refractivity contribution < 1.29 is 9.53 Å². The van der Waals surface area contributed by atoms with Crippen LogP contribution in [0.3, 0.4) is 0 Å². The minimum Gasteiger partial charge on any atom is -0.472 e. The second kappa shape index (κ2) is 6.63. The second-order valence-corrected chi connectivity index (χ2v) is 7.15. The zero-order valence-corrected chi connectivity index (χ0v) is 15.3. The van der Waals surface area contributed by atoms with E-state index in [1.54, 1.807) is 18.5 Å². The lowest BCUT2D eigenvalue weighted by molar-refractivity contribution is -0.113. The third-order valence-corrected chi connectivity index (χ3v) is 3.66. The van der Waals surface area contributed by atoms with Crippen molar-refractivity contribution in [1.82, 2.24) is 15.0 Å². The number of nitrogens with two attached hydrogens (primary N) is 1. The van der Waals surface area contributed by atoms with Gasteiger partial charge in [-0.15, -0.1) is 0 Å². The van der Waals surface area contributed by atoms with Gasteiger partial charge in [0, 0.05) is 46.7 Å². The van der Waals surface area contributed by atoms with E-state index < -0.39 is 5.91 Å². The van der Waals surface area contributed by atoms with Crippen LogP contribution >= 0.6 is 0 Å². The molecule has 3 N–H and O–H groups in total. The summed E-state index contributed by atoms with van der Waals surface area (Å²) < 4.78 is 5.91. The highest BCUT2D eigenvalue weighted by molar-refractivity contribution is 5.95. The van der Waals surface area contributed by atoms with Crippen LogP contribution in [0.25, 0.3) is 28.2 Å². The molecule has 3 rings (SSSR count). The van der Waals surface area contributed by atoms with Crippen molar-refractivity contribution in [2.45, 2.75) is 33.3 Å². The molecular formula is C20H22N4O2. The Morgan fingerprint density at radius 3 is 2.69 bits per heavy atom. The van der Waals surface area contributed by atoms with Gasteiger partial charge in [0.2, 0.25) is 11.8 Å². The van der Waals surface area contributed by atoms with Crippen LogP contribution in [0.15, 0.2) is 36.7 Å². The van der Waals surface area contributed by atoms with Crippen molar-refractivity contribution in [3.8, 4) is 17.0 Å². The quantitative estimate of drug-likeness (QED) is 0.703. The van der Waals surface area contributed by atoms with Gasteiger partial charge < -0.3 is 15.5 Å². The number of ether oxygens (including phenoxy) is 1. The highest BCUT2D eigenvalue weighted by atomic mass is 16.5. The molecule has 0 unspecified atom stereocenters. The van der Waals surface area contributed by atoms with Crippen molar-refractivity contribution in [3.05, 3.63) is 47.9 Å². The molecule has 0 fully saturated rings. The first-order chi connectivity index (χ1) is 12.2. The summed E-state index contributed by atoms with van der Waals surface area (Å²) in [6.45, 7) is 7.90. The molecule has 6 heteroatoms. The van der Waals surface area contributed by atoms with Crippen molar-refractivity contribution in [2.24, 2.45) is 5.73 Å². The smallest absolute Gasteiger partial charge is 0.241 e. The van der Waals surface area contributed by atoms with Gasteiger partial charge in [0.15, 0.2) is 0 Å². The van der Waals surface area contributed by atoms with Crippen molar-refractivity contribution >= 4 is 23.0 Å². The number of amides is 1. The molecule has 0 aromatic carbocycles. The van der Waals surface area contributed by atoms with E-state index in [9.17, 15) is 4.79 Å². The lowest BCUT2D eigenvalue weighted by atomic mass is 10.1. The van der Waals surface area contributed by atoms with Gasteiger partial charge in [-0.05, 0) is 51.5 Å². The highest BCUT2D eigenvalue weighted by Gasteiger charge is 2.14. The van der Waals surface area contributed by atoms with Crippen LogP contribution in [0.5, 0.6) is 5.88 Å². The number of fused-ring (bicyclic) bond motifs is 1. The van der Waals surface area contributed by atoms with E-state index in [2.05, 4.69) is 15.0 Å². The fourth-order valence-corrected chi connectivity index (χ4v) is 2.66. The van der Waals surface area contributed by atoms with E-state index in [0.717, 1.165) is 33.4 Å². The third kappa shape index (κ3) is 4.08. The first-order valence-corrected chi connectivity index (χ1v) is 8.34. The molecule has 134 valence electrons. The first kappa shape index (κ1) is 17.7. The van der Waals surface area contributed by atoms with E-state index in [1.807, 2.05) is 45.9 Å². The number of hydrogen-bond acceptors (Lipinski definition) is 4. The van der Waals surface area contributed by atoms with Gasteiger partial charge >= 0.3 is 0 Å². The molecule has 26 heavy (non-hydrogen) atoms. The number of H-pyrrole nitrogens is 1. The Bertz CT molecular complexity index is 997. The molecule has 0 aliphatic heterocycles. The number of pyridine rings is 2. The SMILES string of the molecule is Cc1cc(-c2cnc3[nH]cc(/C=C/C(N)=O)c3c2)cc(OC(C)(C)C)n1. The van der Waals surface area contributed by atoms with Gasteiger partial charge in [-0.3, -0.25) is 4.79 Å². The Hall–Kier alpha value is -3.15. The predicted octanol–water partition coefficient (Wildman–Crippen LogP) is 3.61. The lowest BCUT2D eigenvalue weighted by Gasteiger charge is -2.21. The lowest BCUT2D eigenvalue weighted by Crippen LogP contribution is -2.23. The molecule has 3 aromatic heterocycles. The summed E-state index contributed by atoms with van der Waals surface area (Å²) >= 11 is 0. The minimum absolute atomic E-state index is 0.326. The summed E-state index contributed by atoms with van der Waals surface area (Å²) in [6, 6.07) is 5.92. The Balaban J connectivity index is 2.05. The maximum Gasteiger partial charge on any atom is 0.241 e. The molecule has 0 radical (unpaired) electrons. The molecule has 0 saturated carbocycles.